The molecule has 3 aromatic rings. The van der Waals surface area contributed by atoms with Crippen molar-refractivity contribution in [3.05, 3.63) is 71.3 Å². The molecule has 4 rings (SSSR count). The highest BCUT2D eigenvalue weighted by Crippen LogP contribution is 2.21. The Bertz CT molecular complexity index is 1010. The summed E-state index contributed by atoms with van der Waals surface area (Å²) in [6, 6.07) is 14.9. The van der Waals surface area contributed by atoms with Crippen LogP contribution < -0.4 is 9.64 Å². The Morgan fingerprint density at radius 1 is 1.10 bits per heavy atom. The van der Waals surface area contributed by atoms with Crippen LogP contribution in [-0.4, -0.2) is 64.0 Å². The number of benzene rings is 2. The maximum atomic E-state index is 12.8. The molecule has 1 amide bonds. The third-order valence-electron chi connectivity index (χ3n) is 5.35. The van der Waals surface area contributed by atoms with Gasteiger partial charge in [-0.15, -0.1) is 5.10 Å². The topological polar surface area (TPSA) is 83.7 Å². The molecule has 9 heteroatoms. The van der Waals surface area contributed by atoms with Gasteiger partial charge < -0.3 is 19.6 Å². The van der Waals surface area contributed by atoms with Gasteiger partial charge in [0.1, 0.15) is 12.1 Å². The van der Waals surface area contributed by atoms with Crippen LogP contribution in [0.3, 0.4) is 0 Å². The van der Waals surface area contributed by atoms with Crippen LogP contribution in [0.1, 0.15) is 22.3 Å². The first-order valence-electron chi connectivity index (χ1n) is 10.0. The Labute approximate surface area is 185 Å². The van der Waals surface area contributed by atoms with Gasteiger partial charge in [0, 0.05) is 36.9 Å². The van der Waals surface area contributed by atoms with Crippen molar-refractivity contribution in [3.8, 4) is 5.75 Å². The zero-order valence-electron chi connectivity index (χ0n) is 17.2. The first kappa shape index (κ1) is 21.1. The second-order valence-electron chi connectivity index (χ2n) is 7.33. The van der Waals surface area contributed by atoms with Gasteiger partial charge in [-0.05, 0) is 42.0 Å². The average molecular weight is 442 g/mol. The molecule has 2 heterocycles. The molecule has 1 N–H and O–H groups in total. The summed E-state index contributed by atoms with van der Waals surface area (Å²) in [6.45, 7) is 2.83. The smallest absolute Gasteiger partial charge is 0.293 e. The number of rotatable bonds is 6. The van der Waals surface area contributed by atoms with Crippen LogP contribution in [0.15, 0.2) is 54.9 Å². The molecule has 1 aromatic heterocycles. The summed E-state index contributed by atoms with van der Waals surface area (Å²) in [7, 11) is 1.59. The summed E-state index contributed by atoms with van der Waals surface area (Å²) in [6.07, 6.45) is 0.711. The highest BCUT2D eigenvalue weighted by atomic mass is 35.5. The largest absolute Gasteiger partial charge is 0.497 e. The van der Waals surface area contributed by atoms with Crippen molar-refractivity contribution in [2.24, 2.45) is 0 Å². The van der Waals surface area contributed by atoms with Crippen molar-refractivity contribution in [1.82, 2.24) is 19.7 Å². The second-order valence-corrected chi connectivity index (χ2v) is 7.77. The van der Waals surface area contributed by atoms with E-state index in [1.165, 1.54) is 11.0 Å². The van der Waals surface area contributed by atoms with E-state index in [0.717, 1.165) is 30.1 Å². The highest BCUT2D eigenvalue weighted by molar-refractivity contribution is 6.30. The molecule has 31 heavy (non-hydrogen) atoms. The summed E-state index contributed by atoms with van der Waals surface area (Å²) in [4.78, 5) is 20.9. The molecule has 0 bridgehead atoms. The molecular weight excluding hydrogens is 418 g/mol. The number of halogens is 1. The Morgan fingerprint density at radius 3 is 2.42 bits per heavy atom. The van der Waals surface area contributed by atoms with E-state index in [2.05, 4.69) is 15.0 Å². The van der Waals surface area contributed by atoms with E-state index in [4.69, 9.17) is 16.3 Å². The van der Waals surface area contributed by atoms with E-state index in [1.807, 2.05) is 24.3 Å². The molecule has 1 aliphatic rings. The number of piperazine rings is 1. The van der Waals surface area contributed by atoms with Crippen molar-refractivity contribution < 1.29 is 14.6 Å². The summed E-state index contributed by atoms with van der Waals surface area (Å²) in [5.41, 5.74) is 1.83. The Hall–Kier alpha value is -3.10. The first-order valence-corrected chi connectivity index (χ1v) is 10.4. The lowest BCUT2D eigenvalue weighted by molar-refractivity contribution is 0.0733. The summed E-state index contributed by atoms with van der Waals surface area (Å²) >= 11 is 5.96. The van der Waals surface area contributed by atoms with Crippen LogP contribution in [0, 0.1) is 0 Å². The predicted molar refractivity (Wildman–Crippen MR) is 118 cm³/mol. The molecule has 1 aliphatic heterocycles. The van der Waals surface area contributed by atoms with E-state index in [0.29, 0.717) is 18.1 Å². The number of hydrogen-bond acceptors (Lipinski definition) is 6. The maximum absolute atomic E-state index is 12.8. The molecule has 0 radical (unpaired) electrons. The van der Waals surface area contributed by atoms with Crippen LogP contribution in [-0.2, 0) is 6.54 Å². The normalized spacial score (nSPS) is 15.1. The minimum atomic E-state index is -0.765. The van der Waals surface area contributed by atoms with Crippen molar-refractivity contribution in [1.29, 1.82) is 0 Å². The molecule has 1 atom stereocenters. The van der Waals surface area contributed by atoms with Gasteiger partial charge in [0.15, 0.2) is 0 Å². The fraction of sp³-hybridized carbons (Fsp3) is 0.318. The fourth-order valence-electron chi connectivity index (χ4n) is 3.55. The number of aliphatic hydroxyl groups excluding tert-OH is 1. The molecule has 162 valence electrons. The third kappa shape index (κ3) is 4.98. The number of hydrogen-bond donors (Lipinski definition) is 1. The lowest BCUT2D eigenvalue weighted by Crippen LogP contribution is -2.49. The molecule has 2 aromatic carbocycles. The number of aromatic nitrogens is 3. The van der Waals surface area contributed by atoms with Crippen molar-refractivity contribution in [3.63, 3.8) is 0 Å². The van der Waals surface area contributed by atoms with Crippen molar-refractivity contribution >= 4 is 23.2 Å². The molecule has 0 aliphatic carbocycles. The van der Waals surface area contributed by atoms with E-state index in [1.54, 1.807) is 36.3 Å². The van der Waals surface area contributed by atoms with Gasteiger partial charge in [-0.25, -0.2) is 9.67 Å². The summed E-state index contributed by atoms with van der Waals surface area (Å²) in [5, 5.41) is 15.4. The van der Waals surface area contributed by atoms with Gasteiger partial charge in [-0.1, -0.05) is 23.7 Å². The predicted octanol–water partition coefficient (Wildman–Crippen LogP) is 2.64. The van der Waals surface area contributed by atoms with Crippen molar-refractivity contribution in [2.45, 2.75) is 12.6 Å². The van der Waals surface area contributed by atoms with E-state index >= 15 is 0 Å². The maximum Gasteiger partial charge on any atom is 0.293 e. The fourth-order valence-corrected chi connectivity index (χ4v) is 3.68. The molecular formula is C22H24ClN5O3. The van der Waals surface area contributed by atoms with Crippen LogP contribution in [0.2, 0.25) is 5.02 Å². The zero-order chi connectivity index (χ0) is 21.8. The number of ether oxygens (including phenoxy) is 1. The highest BCUT2D eigenvalue weighted by Gasteiger charge is 2.25. The minimum Gasteiger partial charge on any atom is -0.497 e. The number of amides is 1. The van der Waals surface area contributed by atoms with Crippen molar-refractivity contribution in [2.75, 3.05) is 38.2 Å². The molecule has 0 spiro atoms. The van der Waals surface area contributed by atoms with E-state index in [-0.39, 0.29) is 18.3 Å². The monoisotopic (exact) mass is 441 g/mol. The quantitative estimate of drug-likeness (QED) is 0.633. The summed E-state index contributed by atoms with van der Waals surface area (Å²) < 4.78 is 6.62. The minimum absolute atomic E-state index is 0.141. The first-order chi connectivity index (χ1) is 15.0. The Morgan fingerprint density at radius 2 is 1.77 bits per heavy atom. The number of anilines is 1. The molecule has 1 fully saturated rings. The third-order valence-corrected chi connectivity index (χ3v) is 5.60. The standard InChI is InChI=1S/C22H24ClN5O3/c1-31-19-8-2-16(3-9-19)20(29)14-28-15-24-21(25-28)22(30)27-12-10-26(11-13-27)18-6-4-17(23)5-7-18/h2-9,15,20,29H,10-14H2,1H3/t20-/m1/s1. The SMILES string of the molecule is COc1ccc([C@H](O)Cn2cnc(C(=O)N3CCN(c4ccc(Cl)cc4)CC3)n2)cc1. The van der Waals surface area contributed by atoms with Gasteiger partial charge in [0.2, 0.25) is 5.82 Å². The zero-order valence-corrected chi connectivity index (χ0v) is 17.9. The van der Waals surface area contributed by atoms with Crippen LogP contribution in [0.25, 0.3) is 0 Å². The van der Waals surface area contributed by atoms with Crippen LogP contribution in [0.4, 0.5) is 5.69 Å². The van der Waals surface area contributed by atoms with Gasteiger partial charge in [0.05, 0.1) is 19.8 Å². The van der Waals surface area contributed by atoms with Crippen LogP contribution in [0.5, 0.6) is 5.75 Å². The summed E-state index contributed by atoms with van der Waals surface area (Å²) in [5.74, 6) is 0.663. The molecule has 0 unspecified atom stereocenters. The van der Waals surface area contributed by atoms with Gasteiger partial charge in [-0.2, -0.15) is 0 Å². The number of nitrogens with zero attached hydrogens (tertiary/aromatic N) is 5. The lowest BCUT2D eigenvalue weighted by Gasteiger charge is -2.35. The Balaban J connectivity index is 1.33. The Kier molecular flexibility index (Phi) is 6.39. The van der Waals surface area contributed by atoms with Crippen LogP contribution >= 0.6 is 11.6 Å². The van der Waals surface area contributed by atoms with E-state index in [9.17, 15) is 9.90 Å². The number of aliphatic hydroxyl groups is 1. The average Bonchev–Trinajstić information content (AvgIpc) is 3.27. The number of methoxy groups -OCH3 is 1. The number of carbonyl (C=O) groups excluding carboxylic acids is 1. The van der Waals surface area contributed by atoms with Gasteiger partial charge in [-0.3, -0.25) is 4.79 Å². The lowest BCUT2D eigenvalue weighted by atomic mass is 10.1. The van der Waals surface area contributed by atoms with Gasteiger partial charge in [0.25, 0.3) is 5.91 Å². The number of carbonyl (C=O) groups is 1. The molecule has 1 saturated heterocycles. The molecule has 8 nitrogen and oxygen atoms in total. The van der Waals surface area contributed by atoms with E-state index < -0.39 is 6.10 Å². The molecule has 0 saturated carbocycles. The van der Waals surface area contributed by atoms with Gasteiger partial charge >= 0.3 is 0 Å². The second kappa shape index (κ2) is 9.36.